The number of methoxy groups -OCH3 is 2. The fraction of sp³-hybridized carbons (Fsp3) is 0.350. The minimum Gasteiger partial charge on any atom is -0.497 e. The Morgan fingerprint density at radius 1 is 1.07 bits per heavy atom. The van der Waals surface area contributed by atoms with E-state index in [1.807, 2.05) is 13.0 Å². The summed E-state index contributed by atoms with van der Waals surface area (Å²) in [4.78, 5) is 12.7. The largest absolute Gasteiger partial charge is 0.497 e. The molecule has 8 heteroatoms. The Morgan fingerprint density at radius 2 is 1.79 bits per heavy atom. The lowest BCUT2D eigenvalue weighted by Gasteiger charge is -2.21. The van der Waals surface area contributed by atoms with Crippen LogP contribution < -0.4 is 14.8 Å². The quantitative estimate of drug-likeness (QED) is 0.729. The van der Waals surface area contributed by atoms with E-state index in [0.717, 1.165) is 9.87 Å². The molecule has 0 aliphatic heterocycles. The zero-order valence-corrected chi connectivity index (χ0v) is 17.6. The predicted octanol–water partition coefficient (Wildman–Crippen LogP) is 2.97. The van der Waals surface area contributed by atoms with Crippen LogP contribution in [0.5, 0.6) is 11.5 Å². The van der Waals surface area contributed by atoms with Crippen molar-refractivity contribution in [2.45, 2.75) is 25.7 Å². The van der Waals surface area contributed by atoms with Crippen molar-refractivity contribution >= 4 is 21.6 Å². The average Bonchev–Trinajstić information content (AvgIpc) is 2.67. The summed E-state index contributed by atoms with van der Waals surface area (Å²) < 4.78 is 37.6. The maximum Gasteiger partial charge on any atom is 0.243 e. The van der Waals surface area contributed by atoms with E-state index in [4.69, 9.17) is 9.47 Å². The lowest BCUT2D eigenvalue weighted by atomic mass is 10.2. The van der Waals surface area contributed by atoms with Gasteiger partial charge in [0.15, 0.2) is 0 Å². The van der Waals surface area contributed by atoms with Crippen LogP contribution in [0, 0.1) is 13.8 Å². The van der Waals surface area contributed by atoms with Gasteiger partial charge in [0.05, 0.1) is 31.3 Å². The van der Waals surface area contributed by atoms with E-state index < -0.39 is 15.9 Å². The van der Waals surface area contributed by atoms with E-state index >= 15 is 0 Å². The number of sulfonamides is 1. The van der Waals surface area contributed by atoms with E-state index in [0.29, 0.717) is 22.7 Å². The molecule has 0 unspecified atom stereocenters. The van der Waals surface area contributed by atoms with Gasteiger partial charge in [-0.15, -0.1) is 0 Å². The summed E-state index contributed by atoms with van der Waals surface area (Å²) in [5.41, 5.74) is 1.92. The number of hydrogen-bond acceptors (Lipinski definition) is 5. The number of aryl methyl sites for hydroxylation is 2. The Kier molecular flexibility index (Phi) is 7.04. The fourth-order valence-corrected chi connectivity index (χ4v) is 4.46. The van der Waals surface area contributed by atoms with Crippen molar-refractivity contribution in [3.8, 4) is 11.5 Å². The fourth-order valence-electron chi connectivity index (χ4n) is 2.74. The summed E-state index contributed by atoms with van der Waals surface area (Å²) in [5, 5.41) is 2.70. The van der Waals surface area contributed by atoms with Crippen LogP contribution in [0.2, 0.25) is 0 Å². The molecule has 2 rings (SSSR count). The van der Waals surface area contributed by atoms with Crippen LogP contribution in [0.25, 0.3) is 0 Å². The lowest BCUT2D eigenvalue weighted by Crippen LogP contribution is -2.38. The molecule has 7 nitrogen and oxygen atoms in total. The van der Waals surface area contributed by atoms with Gasteiger partial charge in [0.1, 0.15) is 11.5 Å². The third kappa shape index (κ3) is 4.82. The first kappa shape index (κ1) is 21.7. The molecule has 0 aromatic heterocycles. The Bertz CT molecular complexity index is 957. The first-order valence-electron chi connectivity index (χ1n) is 8.82. The van der Waals surface area contributed by atoms with Gasteiger partial charge in [-0.1, -0.05) is 19.1 Å². The first-order valence-corrected chi connectivity index (χ1v) is 10.3. The number of anilines is 1. The number of rotatable bonds is 8. The standard InChI is InChI=1S/C20H26N2O5S/c1-6-22(28(24,25)19-11-14(2)7-8-15(19)3)13-20(23)21-17-10-9-16(26-4)12-18(17)27-5/h7-12H,6,13H2,1-5H3,(H,21,23). The van der Waals surface area contributed by atoms with Crippen LogP contribution in [0.1, 0.15) is 18.1 Å². The Hall–Kier alpha value is -2.58. The molecule has 28 heavy (non-hydrogen) atoms. The van der Waals surface area contributed by atoms with Gasteiger partial charge in [-0.3, -0.25) is 4.79 Å². The summed E-state index contributed by atoms with van der Waals surface area (Å²) in [5.74, 6) is 0.551. The number of benzene rings is 2. The molecule has 0 bridgehead atoms. The maximum atomic E-state index is 13.0. The topological polar surface area (TPSA) is 84.9 Å². The third-order valence-corrected chi connectivity index (χ3v) is 6.38. The van der Waals surface area contributed by atoms with Crippen LogP contribution in [-0.4, -0.2) is 45.9 Å². The summed E-state index contributed by atoms with van der Waals surface area (Å²) >= 11 is 0. The molecule has 0 saturated heterocycles. The van der Waals surface area contributed by atoms with Crippen molar-refractivity contribution in [2.24, 2.45) is 0 Å². The highest BCUT2D eigenvalue weighted by molar-refractivity contribution is 7.89. The van der Waals surface area contributed by atoms with Gasteiger partial charge >= 0.3 is 0 Å². The zero-order chi connectivity index (χ0) is 20.9. The number of likely N-dealkylation sites (N-methyl/N-ethyl adjacent to an activating group) is 1. The van der Waals surface area contributed by atoms with Gasteiger partial charge in [-0.2, -0.15) is 4.31 Å². The Balaban J connectivity index is 2.23. The molecule has 152 valence electrons. The number of carbonyl (C=O) groups is 1. The van der Waals surface area contributed by atoms with Gasteiger partial charge in [0.2, 0.25) is 15.9 Å². The molecule has 0 heterocycles. The van der Waals surface area contributed by atoms with Gasteiger partial charge in [0.25, 0.3) is 0 Å². The molecule has 0 aliphatic rings. The number of amides is 1. The molecule has 0 radical (unpaired) electrons. The van der Waals surface area contributed by atoms with Crippen molar-refractivity contribution in [3.05, 3.63) is 47.5 Å². The number of carbonyl (C=O) groups excluding carboxylic acids is 1. The highest BCUT2D eigenvalue weighted by Gasteiger charge is 2.27. The van der Waals surface area contributed by atoms with Crippen LogP contribution in [0.4, 0.5) is 5.69 Å². The van der Waals surface area contributed by atoms with Gasteiger partial charge in [0, 0.05) is 12.6 Å². The molecule has 0 spiro atoms. The predicted molar refractivity (Wildman–Crippen MR) is 109 cm³/mol. The monoisotopic (exact) mass is 406 g/mol. The number of nitrogens with one attached hydrogen (secondary N) is 1. The second kappa shape index (κ2) is 9.07. The molecule has 0 aliphatic carbocycles. The normalized spacial score (nSPS) is 11.4. The number of nitrogens with zero attached hydrogens (tertiary/aromatic N) is 1. The van der Waals surface area contributed by atoms with E-state index in [-0.39, 0.29) is 18.0 Å². The molecule has 2 aromatic carbocycles. The Labute approximate surface area is 166 Å². The van der Waals surface area contributed by atoms with Crippen molar-refractivity contribution in [1.82, 2.24) is 4.31 Å². The number of hydrogen-bond donors (Lipinski definition) is 1. The molecule has 0 fully saturated rings. The van der Waals surface area contributed by atoms with Crippen LogP contribution >= 0.6 is 0 Å². The third-order valence-electron chi connectivity index (χ3n) is 4.32. The van der Waals surface area contributed by atoms with Gasteiger partial charge in [-0.25, -0.2) is 8.42 Å². The Morgan fingerprint density at radius 3 is 2.39 bits per heavy atom. The van der Waals surface area contributed by atoms with Crippen LogP contribution in [0.3, 0.4) is 0 Å². The smallest absolute Gasteiger partial charge is 0.243 e. The summed E-state index contributed by atoms with van der Waals surface area (Å²) in [7, 11) is -0.785. The van der Waals surface area contributed by atoms with E-state index in [9.17, 15) is 13.2 Å². The second-order valence-corrected chi connectivity index (χ2v) is 8.22. The molecule has 0 atom stereocenters. The average molecular weight is 407 g/mol. The molecule has 1 N–H and O–H groups in total. The summed E-state index contributed by atoms with van der Waals surface area (Å²) in [6.07, 6.45) is 0. The molecular weight excluding hydrogens is 380 g/mol. The zero-order valence-electron chi connectivity index (χ0n) is 16.8. The highest BCUT2D eigenvalue weighted by Crippen LogP contribution is 2.29. The molecular formula is C20H26N2O5S. The molecule has 2 aromatic rings. The van der Waals surface area contributed by atoms with Crippen LogP contribution in [-0.2, 0) is 14.8 Å². The second-order valence-electron chi connectivity index (χ2n) is 6.31. The van der Waals surface area contributed by atoms with Gasteiger partial charge < -0.3 is 14.8 Å². The van der Waals surface area contributed by atoms with Crippen molar-refractivity contribution in [3.63, 3.8) is 0 Å². The summed E-state index contributed by atoms with van der Waals surface area (Å²) in [6, 6.07) is 10.2. The van der Waals surface area contributed by atoms with Crippen LogP contribution in [0.15, 0.2) is 41.3 Å². The van der Waals surface area contributed by atoms with E-state index in [1.165, 1.54) is 14.2 Å². The first-order chi connectivity index (χ1) is 13.2. The van der Waals surface area contributed by atoms with E-state index in [1.54, 1.807) is 44.2 Å². The highest BCUT2D eigenvalue weighted by atomic mass is 32.2. The summed E-state index contributed by atoms with van der Waals surface area (Å²) in [6.45, 7) is 5.13. The maximum absolute atomic E-state index is 13.0. The molecule has 0 saturated carbocycles. The van der Waals surface area contributed by atoms with Crippen molar-refractivity contribution in [2.75, 3.05) is 32.6 Å². The minimum absolute atomic E-state index is 0.170. The minimum atomic E-state index is -3.80. The van der Waals surface area contributed by atoms with Gasteiger partial charge in [-0.05, 0) is 43.2 Å². The SMILES string of the molecule is CCN(CC(=O)Nc1ccc(OC)cc1OC)S(=O)(=O)c1cc(C)ccc1C. The molecule has 1 amide bonds. The number of ether oxygens (including phenoxy) is 2. The lowest BCUT2D eigenvalue weighted by molar-refractivity contribution is -0.116. The van der Waals surface area contributed by atoms with Crippen molar-refractivity contribution in [1.29, 1.82) is 0 Å². The van der Waals surface area contributed by atoms with Crippen molar-refractivity contribution < 1.29 is 22.7 Å². The van der Waals surface area contributed by atoms with E-state index in [2.05, 4.69) is 5.32 Å².